The van der Waals surface area contributed by atoms with E-state index in [9.17, 15) is 0 Å². The van der Waals surface area contributed by atoms with Gasteiger partial charge in [-0.05, 0) is 49.3 Å². The Morgan fingerprint density at radius 1 is 1.32 bits per heavy atom. The molecule has 100 valence electrons. The van der Waals surface area contributed by atoms with Crippen molar-refractivity contribution >= 4 is 15.9 Å². The van der Waals surface area contributed by atoms with Crippen molar-refractivity contribution in [2.24, 2.45) is 11.8 Å². The van der Waals surface area contributed by atoms with Crippen molar-refractivity contribution in [3.05, 3.63) is 34.3 Å². The molecule has 1 saturated heterocycles. The Hall–Kier alpha value is -0.850. The summed E-state index contributed by atoms with van der Waals surface area (Å²) in [6.45, 7) is 2.44. The second kappa shape index (κ2) is 5.64. The number of nitriles is 1. The van der Waals surface area contributed by atoms with E-state index in [1.165, 1.54) is 36.0 Å². The van der Waals surface area contributed by atoms with Crippen molar-refractivity contribution in [1.82, 2.24) is 4.90 Å². The third-order valence-electron chi connectivity index (χ3n) is 4.50. The molecule has 2 atom stereocenters. The largest absolute Gasteiger partial charge is 0.300 e. The van der Waals surface area contributed by atoms with E-state index in [1.54, 1.807) is 0 Å². The fourth-order valence-electron chi connectivity index (χ4n) is 3.44. The van der Waals surface area contributed by atoms with Gasteiger partial charge in [0.15, 0.2) is 0 Å². The molecule has 2 unspecified atom stereocenters. The average Bonchev–Trinajstić information content (AvgIpc) is 2.81. The van der Waals surface area contributed by atoms with Gasteiger partial charge in [-0.25, -0.2) is 0 Å². The Kier molecular flexibility index (Phi) is 3.91. The van der Waals surface area contributed by atoms with Crippen molar-refractivity contribution in [2.45, 2.75) is 31.7 Å². The Morgan fingerprint density at radius 2 is 2.16 bits per heavy atom. The van der Waals surface area contributed by atoms with E-state index in [4.69, 9.17) is 5.26 Å². The molecule has 0 radical (unpaired) electrons. The molecule has 1 aromatic carbocycles. The van der Waals surface area contributed by atoms with E-state index in [0.717, 1.165) is 18.8 Å². The minimum atomic E-state index is 0.314. The topological polar surface area (TPSA) is 27.0 Å². The van der Waals surface area contributed by atoms with E-state index >= 15 is 0 Å². The first kappa shape index (κ1) is 13.1. The Labute approximate surface area is 123 Å². The molecule has 0 bridgehead atoms. The first-order chi connectivity index (χ1) is 9.24. The van der Waals surface area contributed by atoms with E-state index in [-0.39, 0.29) is 0 Å². The number of hydrogen-bond acceptors (Lipinski definition) is 2. The van der Waals surface area contributed by atoms with Gasteiger partial charge in [0.25, 0.3) is 0 Å². The van der Waals surface area contributed by atoms with Crippen LogP contribution < -0.4 is 0 Å². The summed E-state index contributed by atoms with van der Waals surface area (Å²) in [5, 5.41) is 8.96. The van der Waals surface area contributed by atoms with Crippen molar-refractivity contribution in [3.8, 4) is 6.07 Å². The van der Waals surface area contributed by atoms with Crippen LogP contribution in [0, 0.1) is 23.2 Å². The lowest BCUT2D eigenvalue weighted by Crippen LogP contribution is -2.52. The normalized spacial score (nSPS) is 28.0. The number of nitrogens with zero attached hydrogens (tertiary/aromatic N) is 2. The summed E-state index contributed by atoms with van der Waals surface area (Å²) in [6.07, 6.45) is 4.61. The molecule has 0 amide bonds. The third kappa shape index (κ3) is 3.01. The maximum atomic E-state index is 8.96. The van der Waals surface area contributed by atoms with Gasteiger partial charge in [0.2, 0.25) is 0 Å². The highest BCUT2D eigenvalue weighted by Crippen LogP contribution is 2.33. The predicted molar refractivity (Wildman–Crippen MR) is 79.7 cm³/mol. The van der Waals surface area contributed by atoms with Crippen LogP contribution in [0.25, 0.3) is 0 Å². The molecule has 2 nitrogen and oxygen atoms in total. The summed E-state index contributed by atoms with van der Waals surface area (Å²) in [5.74, 6) is 1.12. The molecule has 0 aromatic heterocycles. The fraction of sp³-hybridized carbons (Fsp3) is 0.562. The van der Waals surface area contributed by atoms with Crippen LogP contribution in [0.4, 0.5) is 0 Å². The van der Waals surface area contributed by atoms with Gasteiger partial charge in [0.1, 0.15) is 0 Å². The van der Waals surface area contributed by atoms with Crippen molar-refractivity contribution < 1.29 is 0 Å². The van der Waals surface area contributed by atoms with Gasteiger partial charge in [-0.15, -0.1) is 0 Å². The lowest BCUT2D eigenvalue weighted by atomic mass is 9.90. The first-order valence-electron chi connectivity index (χ1n) is 7.12. The molecule has 1 heterocycles. The first-order valence-corrected chi connectivity index (χ1v) is 7.92. The Bertz CT molecular complexity index is 488. The second-order valence-electron chi connectivity index (χ2n) is 5.95. The maximum Gasteiger partial charge on any atom is 0.0656 e. The van der Waals surface area contributed by atoms with Gasteiger partial charge >= 0.3 is 0 Å². The molecule has 3 heteroatoms. The van der Waals surface area contributed by atoms with Gasteiger partial charge in [0.05, 0.1) is 6.07 Å². The van der Waals surface area contributed by atoms with Crippen LogP contribution in [0.5, 0.6) is 0 Å². The second-order valence-corrected chi connectivity index (χ2v) is 6.86. The molecule has 0 N–H and O–H groups in total. The van der Waals surface area contributed by atoms with Gasteiger partial charge in [-0.1, -0.05) is 28.1 Å². The van der Waals surface area contributed by atoms with Crippen LogP contribution in [-0.4, -0.2) is 24.0 Å². The number of rotatable bonds is 3. The van der Waals surface area contributed by atoms with E-state index in [1.807, 2.05) is 0 Å². The van der Waals surface area contributed by atoms with Crippen molar-refractivity contribution in [3.63, 3.8) is 0 Å². The zero-order valence-corrected chi connectivity index (χ0v) is 12.6. The number of halogens is 1. The van der Waals surface area contributed by atoms with Crippen molar-refractivity contribution in [2.75, 3.05) is 13.1 Å². The molecule has 1 aliphatic heterocycles. The van der Waals surface area contributed by atoms with Crippen LogP contribution in [0.2, 0.25) is 0 Å². The zero-order valence-electron chi connectivity index (χ0n) is 11.1. The highest BCUT2D eigenvalue weighted by molar-refractivity contribution is 9.10. The summed E-state index contributed by atoms with van der Waals surface area (Å²) in [6, 6.07) is 11.7. The number of hydrogen-bond donors (Lipinski definition) is 0. The maximum absolute atomic E-state index is 8.96. The van der Waals surface area contributed by atoms with Gasteiger partial charge < -0.3 is 0 Å². The number of likely N-dealkylation sites (tertiary alicyclic amines) is 1. The summed E-state index contributed by atoms with van der Waals surface area (Å²) in [5.41, 5.74) is 1.43. The van der Waals surface area contributed by atoms with E-state index in [0.29, 0.717) is 12.0 Å². The highest BCUT2D eigenvalue weighted by atomic mass is 79.9. The standard InChI is InChI=1S/C16H19BrN2/c17-15-3-1-2-12(7-15)6-14-10-19(11-14)16-5-4-13(8-16)9-18/h1-3,7,13-14,16H,4-6,8,10-11H2. The average molecular weight is 319 g/mol. The molecule has 19 heavy (non-hydrogen) atoms. The van der Waals surface area contributed by atoms with Gasteiger partial charge in [0, 0.05) is 29.5 Å². The molecule has 1 aliphatic carbocycles. The third-order valence-corrected chi connectivity index (χ3v) is 5.00. The lowest BCUT2D eigenvalue weighted by Gasteiger charge is -2.43. The molecule has 2 fully saturated rings. The van der Waals surface area contributed by atoms with Gasteiger partial charge in [-0.3, -0.25) is 4.90 Å². The fourth-order valence-corrected chi connectivity index (χ4v) is 3.89. The smallest absolute Gasteiger partial charge is 0.0656 e. The highest BCUT2D eigenvalue weighted by Gasteiger charge is 2.36. The monoisotopic (exact) mass is 318 g/mol. The summed E-state index contributed by atoms with van der Waals surface area (Å²) < 4.78 is 1.17. The Morgan fingerprint density at radius 3 is 2.84 bits per heavy atom. The zero-order chi connectivity index (χ0) is 13.2. The van der Waals surface area contributed by atoms with Crippen LogP contribution in [0.1, 0.15) is 24.8 Å². The predicted octanol–water partition coefficient (Wildman–Crippen LogP) is 3.62. The quantitative estimate of drug-likeness (QED) is 0.851. The molecule has 2 aliphatic rings. The summed E-state index contributed by atoms with van der Waals surface area (Å²) in [4.78, 5) is 2.58. The molecular formula is C16H19BrN2. The molecule has 1 aromatic rings. The lowest BCUT2D eigenvalue weighted by molar-refractivity contribution is 0.0545. The van der Waals surface area contributed by atoms with Crippen LogP contribution in [0.3, 0.4) is 0 Å². The van der Waals surface area contributed by atoms with E-state index in [2.05, 4.69) is 51.2 Å². The van der Waals surface area contributed by atoms with Crippen LogP contribution in [-0.2, 0) is 6.42 Å². The SMILES string of the molecule is N#CC1CCC(N2CC(Cc3cccc(Br)c3)C2)C1. The van der Waals surface area contributed by atoms with Crippen molar-refractivity contribution in [1.29, 1.82) is 5.26 Å². The van der Waals surface area contributed by atoms with Crippen LogP contribution >= 0.6 is 15.9 Å². The van der Waals surface area contributed by atoms with Crippen LogP contribution in [0.15, 0.2) is 28.7 Å². The molecule has 0 spiro atoms. The Balaban J connectivity index is 1.47. The summed E-state index contributed by atoms with van der Waals surface area (Å²) >= 11 is 3.53. The minimum absolute atomic E-state index is 0.314. The molecular weight excluding hydrogens is 300 g/mol. The summed E-state index contributed by atoms with van der Waals surface area (Å²) in [7, 11) is 0. The van der Waals surface area contributed by atoms with Gasteiger partial charge in [-0.2, -0.15) is 5.26 Å². The minimum Gasteiger partial charge on any atom is -0.300 e. The molecule has 1 saturated carbocycles. The molecule has 3 rings (SSSR count). The van der Waals surface area contributed by atoms with E-state index < -0.39 is 0 Å². The number of benzene rings is 1.